The van der Waals surface area contributed by atoms with E-state index in [1.165, 1.54) is 6.07 Å². The Hall–Kier alpha value is -2.25. The van der Waals surface area contributed by atoms with Crippen LogP contribution in [0.1, 0.15) is 18.2 Å². The minimum atomic E-state index is -0.444. The quantitative estimate of drug-likeness (QED) is 0.842. The molecule has 0 spiro atoms. The number of nitrogens with two attached hydrogens (primary N) is 1. The van der Waals surface area contributed by atoms with Crippen LogP contribution < -0.4 is 10.6 Å². The molecule has 1 aromatic heterocycles. The molecule has 2 aliphatic heterocycles. The van der Waals surface area contributed by atoms with Crippen LogP contribution in [-0.2, 0) is 17.8 Å². The standard InChI is InChI=1S/C18H22FN5O/c1-11-10-25-6-5-24(11)18-13-8-23(2)9-16(13)21-17(22-18)12-3-4-15(20)14(19)7-12/h3-4,7,11H,5-6,8-10,20H2,1-2H3. The molecule has 0 amide bonds. The van der Waals surface area contributed by atoms with Gasteiger partial charge in [0.1, 0.15) is 11.6 Å². The van der Waals surface area contributed by atoms with Crippen LogP contribution in [0.5, 0.6) is 0 Å². The Kier molecular flexibility index (Phi) is 4.05. The topological polar surface area (TPSA) is 67.5 Å². The lowest BCUT2D eigenvalue weighted by Gasteiger charge is -2.35. The lowest BCUT2D eigenvalue weighted by molar-refractivity contribution is 0.0984. The number of anilines is 2. The first-order chi connectivity index (χ1) is 12.0. The van der Waals surface area contributed by atoms with Crippen molar-refractivity contribution in [2.75, 3.05) is 37.4 Å². The maximum absolute atomic E-state index is 13.9. The van der Waals surface area contributed by atoms with Gasteiger partial charge in [-0.2, -0.15) is 0 Å². The van der Waals surface area contributed by atoms with Gasteiger partial charge in [-0.25, -0.2) is 14.4 Å². The Bertz CT molecular complexity index is 812. The number of fused-ring (bicyclic) bond motifs is 1. The maximum atomic E-state index is 13.9. The van der Waals surface area contributed by atoms with Crippen LogP contribution in [-0.4, -0.2) is 47.7 Å². The van der Waals surface area contributed by atoms with Gasteiger partial charge in [0, 0.05) is 30.8 Å². The summed E-state index contributed by atoms with van der Waals surface area (Å²) in [6, 6.07) is 4.98. The number of ether oxygens (including phenoxy) is 1. The van der Waals surface area contributed by atoms with E-state index in [4.69, 9.17) is 20.4 Å². The minimum absolute atomic E-state index is 0.131. The normalized spacial score (nSPS) is 20.8. The van der Waals surface area contributed by atoms with Gasteiger partial charge < -0.3 is 15.4 Å². The van der Waals surface area contributed by atoms with Gasteiger partial charge in [0.25, 0.3) is 0 Å². The first-order valence-electron chi connectivity index (χ1n) is 8.51. The highest BCUT2D eigenvalue weighted by molar-refractivity contribution is 5.64. The van der Waals surface area contributed by atoms with Gasteiger partial charge in [0.2, 0.25) is 0 Å². The van der Waals surface area contributed by atoms with E-state index < -0.39 is 5.82 Å². The van der Waals surface area contributed by atoms with E-state index in [1.807, 2.05) is 0 Å². The second-order valence-corrected chi connectivity index (χ2v) is 6.82. The van der Waals surface area contributed by atoms with E-state index in [9.17, 15) is 4.39 Å². The molecular formula is C18H22FN5O. The molecule has 1 fully saturated rings. The van der Waals surface area contributed by atoms with Crippen LogP contribution in [0.15, 0.2) is 18.2 Å². The highest BCUT2D eigenvalue weighted by atomic mass is 19.1. The number of morpholine rings is 1. The molecule has 4 rings (SSSR count). The molecule has 3 heterocycles. The lowest BCUT2D eigenvalue weighted by Crippen LogP contribution is -2.44. The third kappa shape index (κ3) is 2.94. The second-order valence-electron chi connectivity index (χ2n) is 6.82. The smallest absolute Gasteiger partial charge is 0.161 e. The van der Waals surface area contributed by atoms with Crippen molar-refractivity contribution in [1.82, 2.24) is 14.9 Å². The fourth-order valence-electron chi connectivity index (χ4n) is 3.47. The summed E-state index contributed by atoms with van der Waals surface area (Å²) in [6.07, 6.45) is 0. The third-order valence-electron chi connectivity index (χ3n) is 4.82. The van der Waals surface area contributed by atoms with Gasteiger partial charge in [-0.3, -0.25) is 4.90 Å². The van der Waals surface area contributed by atoms with Crippen LogP contribution >= 0.6 is 0 Å². The fraction of sp³-hybridized carbons (Fsp3) is 0.444. The number of nitrogen functional groups attached to an aromatic ring is 1. The predicted octanol–water partition coefficient (Wildman–Crippen LogP) is 2.04. The average molecular weight is 343 g/mol. The molecule has 0 aliphatic carbocycles. The number of benzene rings is 1. The summed E-state index contributed by atoms with van der Waals surface area (Å²) >= 11 is 0. The Labute approximate surface area is 146 Å². The summed E-state index contributed by atoms with van der Waals surface area (Å²) < 4.78 is 19.5. The van der Waals surface area contributed by atoms with Crippen molar-refractivity contribution < 1.29 is 9.13 Å². The van der Waals surface area contributed by atoms with Gasteiger partial charge in [0.05, 0.1) is 30.6 Å². The molecule has 132 valence electrons. The fourth-order valence-corrected chi connectivity index (χ4v) is 3.47. The molecule has 2 N–H and O–H groups in total. The van der Waals surface area contributed by atoms with Gasteiger partial charge in [-0.15, -0.1) is 0 Å². The number of nitrogens with zero attached hydrogens (tertiary/aromatic N) is 4. The number of halogens is 1. The van der Waals surface area contributed by atoms with E-state index >= 15 is 0 Å². The van der Waals surface area contributed by atoms with Crippen LogP contribution in [0.3, 0.4) is 0 Å². The van der Waals surface area contributed by atoms with E-state index in [2.05, 4.69) is 23.8 Å². The molecule has 2 aliphatic rings. The minimum Gasteiger partial charge on any atom is -0.396 e. The summed E-state index contributed by atoms with van der Waals surface area (Å²) in [4.78, 5) is 14.0. The molecule has 1 aromatic carbocycles. The maximum Gasteiger partial charge on any atom is 0.161 e. The molecule has 1 atom stereocenters. The van der Waals surface area contributed by atoms with Crippen molar-refractivity contribution in [2.45, 2.75) is 26.1 Å². The van der Waals surface area contributed by atoms with E-state index in [-0.39, 0.29) is 11.7 Å². The number of hydrogen-bond donors (Lipinski definition) is 1. The molecule has 0 bridgehead atoms. The molecule has 0 radical (unpaired) electrons. The summed E-state index contributed by atoms with van der Waals surface area (Å²) in [5, 5.41) is 0. The van der Waals surface area contributed by atoms with Crippen LogP contribution in [0.4, 0.5) is 15.9 Å². The Morgan fingerprint density at radius 3 is 2.88 bits per heavy atom. The van der Waals surface area contributed by atoms with Crippen molar-refractivity contribution in [3.05, 3.63) is 35.3 Å². The Morgan fingerprint density at radius 1 is 1.28 bits per heavy atom. The van der Waals surface area contributed by atoms with Crippen molar-refractivity contribution >= 4 is 11.5 Å². The number of aromatic nitrogens is 2. The molecule has 7 heteroatoms. The van der Waals surface area contributed by atoms with Crippen LogP contribution in [0, 0.1) is 5.82 Å². The van der Waals surface area contributed by atoms with E-state index in [1.54, 1.807) is 12.1 Å². The van der Waals surface area contributed by atoms with Crippen molar-refractivity contribution in [3.63, 3.8) is 0 Å². The highest BCUT2D eigenvalue weighted by Gasteiger charge is 2.29. The molecule has 1 unspecified atom stereocenters. The number of hydrogen-bond acceptors (Lipinski definition) is 6. The Morgan fingerprint density at radius 2 is 2.12 bits per heavy atom. The van der Waals surface area contributed by atoms with Gasteiger partial charge in [-0.1, -0.05) is 0 Å². The van der Waals surface area contributed by atoms with Crippen molar-refractivity contribution in [3.8, 4) is 11.4 Å². The first kappa shape index (κ1) is 16.2. The number of rotatable bonds is 2. The predicted molar refractivity (Wildman–Crippen MR) is 94.6 cm³/mol. The summed E-state index contributed by atoms with van der Waals surface area (Å²) in [5.41, 5.74) is 8.55. The van der Waals surface area contributed by atoms with E-state index in [0.717, 1.165) is 36.7 Å². The first-order valence-corrected chi connectivity index (χ1v) is 8.51. The van der Waals surface area contributed by atoms with Crippen LogP contribution in [0.2, 0.25) is 0 Å². The van der Waals surface area contributed by atoms with Gasteiger partial charge in [0.15, 0.2) is 5.82 Å². The molecule has 2 aromatic rings. The van der Waals surface area contributed by atoms with E-state index in [0.29, 0.717) is 24.6 Å². The second kappa shape index (κ2) is 6.24. The molecule has 6 nitrogen and oxygen atoms in total. The summed E-state index contributed by atoms with van der Waals surface area (Å²) in [5.74, 6) is 1.04. The lowest BCUT2D eigenvalue weighted by atomic mass is 10.1. The third-order valence-corrected chi connectivity index (χ3v) is 4.82. The largest absolute Gasteiger partial charge is 0.396 e. The summed E-state index contributed by atoms with van der Waals surface area (Å²) in [6.45, 7) is 5.89. The monoisotopic (exact) mass is 343 g/mol. The zero-order valence-electron chi connectivity index (χ0n) is 14.5. The highest BCUT2D eigenvalue weighted by Crippen LogP contribution is 2.33. The molecular weight excluding hydrogens is 321 g/mol. The average Bonchev–Trinajstić information content (AvgIpc) is 2.97. The van der Waals surface area contributed by atoms with Crippen molar-refractivity contribution in [1.29, 1.82) is 0 Å². The van der Waals surface area contributed by atoms with Crippen LogP contribution in [0.25, 0.3) is 11.4 Å². The summed E-state index contributed by atoms with van der Waals surface area (Å²) in [7, 11) is 2.07. The molecule has 1 saturated heterocycles. The zero-order valence-corrected chi connectivity index (χ0v) is 14.5. The van der Waals surface area contributed by atoms with Crippen molar-refractivity contribution in [2.24, 2.45) is 0 Å². The van der Waals surface area contributed by atoms with Gasteiger partial charge in [-0.05, 0) is 32.2 Å². The SMILES string of the molecule is CC1COCCN1c1nc(-c2ccc(N)c(F)c2)nc2c1CN(C)C2. The van der Waals surface area contributed by atoms with Gasteiger partial charge >= 0.3 is 0 Å². The Balaban J connectivity index is 1.82. The molecule has 0 saturated carbocycles. The zero-order chi connectivity index (χ0) is 17.6. The molecule has 25 heavy (non-hydrogen) atoms.